The molecule has 0 spiro atoms. The van der Waals surface area contributed by atoms with Crippen LogP contribution in [0.5, 0.6) is 5.75 Å². The van der Waals surface area contributed by atoms with E-state index in [1.165, 1.54) is 0 Å². The number of hydrazine groups is 1. The zero-order valence-electron chi connectivity index (χ0n) is 19.0. The van der Waals surface area contributed by atoms with Crippen LogP contribution in [0.15, 0.2) is 91.1 Å². The number of thioether (sulfide) groups is 1. The number of hydrogen-bond donors (Lipinski definition) is 4. The second-order valence-corrected chi connectivity index (χ2v) is 8.26. The first-order valence-corrected chi connectivity index (χ1v) is 12.1. The molecule has 3 aromatic carbocycles. The zero-order valence-corrected chi connectivity index (χ0v) is 19.8. The lowest BCUT2D eigenvalue weighted by Crippen LogP contribution is -2.34. The highest BCUT2D eigenvalue weighted by Crippen LogP contribution is 2.26. The average molecular weight is 477 g/mol. The first kappa shape index (κ1) is 24.8. The third kappa shape index (κ3) is 6.34. The van der Waals surface area contributed by atoms with E-state index in [9.17, 15) is 9.90 Å². The van der Waals surface area contributed by atoms with Gasteiger partial charge in [0.05, 0.1) is 17.3 Å². The smallest absolute Gasteiger partial charge is 0.365 e. The number of carbonyl (C=O) groups excluding carboxylic acids is 1. The third-order valence-corrected chi connectivity index (χ3v) is 4.95. The minimum Gasteiger partial charge on any atom is -0.508 e. The summed E-state index contributed by atoms with van der Waals surface area (Å²) in [6.07, 6.45) is 10.1. The number of nitrogens with two attached hydrogens (primary N) is 2. The zero-order chi connectivity index (χ0) is 24.5. The quantitative estimate of drug-likeness (QED) is 0.239. The lowest BCUT2D eigenvalue weighted by Gasteiger charge is -2.20. The Morgan fingerprint density at radius 2 is 1.68 bits per heavy atom. The molecule has 1 aliphatic rings. The van der Waals surface area contributed by atoms with Crippen LogP contribution in [0.2, 0.25) is 0 Å². The van der Waals surface area contributed by atoms with Gasteiger partial charge in [0, 0.05) is 6.20 Å². The molecule has 0 aromatic heterocycles. The second-order valence-electron chi connectivity index (χ2n) is 7.44. The molecule has 0 saturated heterocycles. The Hall–Kier alpha value is -3.88. The second kappa shape index (κ2) is 11.8. The minimum absolute atomic E-state index is 0.0274. The van der Waals surface area contributed by atoms with Crippen molar-refractivity contribution in [3.05, 3.63) is 108 Å². The summed E-state index contributed by atoms with van der Waals surface area (Å²) < 4.78 is 0. The van der Waals surface area contributed by atoms with Crippen LogP contribution >= 0.6 is 11.8 Å². The Morgan fingerprint density at radius 3 is 2.26 bits per heavy atom. The number of carbonyl (C=O) groups is 1. The number of nitrogen functional groups attached to an aromatic ring is 1. The van der Waals surface area contributed by atoms with Crippen molar-refractivity contribution in [2.45, 2.75) is 6.04 Å². The van der Waals surface area contributed by atoms with Gasteiger partial charge in [0.1, 0.15) is 11.4 Å². The van der Waals surface area contributed by atoms with E-state index in [-0.39, 0.29) is 11.8 Å². The maximum atomic E-state index is 12.4. The highest BCUT2D eigenvalue weighted by molar-refractivity contribution is 7.97. The molecule has 1 aliphatic heterocycles. The molecule has 176 valence electrons. The summed E-state index contributed by atoms with van der Waals surface area (Å²) in [6.45, 7) is 0. The molecule has 1 unspecified atom stereocenters. The molecular formula is C26H28N4O3S. The molecular weight excluding hydrogens is 448 g/mol. The summed E-state index contributed by atoms with van der Waals surface area (Å²) >= 11 is 1.75. The van der Waals surface area contributed by atoms with E-state index in [1.54, 1.807) is 60.3 Å². The van der Waals surface area contributed by atoms with Gasteiger partial charge in [-0.3, -0.25) is 0 Å². The molecule has 0 aliphatic carbocycles. The number of para-hydroxylation sites is 2. The Labute approximate surface area is 203 Å². The van der Waals surface area contributed by atoms with Crippen LogP contribution in [0.3, 0.4) is 0 Å². The Kier molecular flexibility index (Phi) is 8.61. The monoisotopic (exact) mass is 476 g/mol. The summed E-state index contributed by atoms with van der Waals surface area (Å²) in [7, 11) is 0. The molecule has 6 N–H and O–H groups in total. The summed E-state index contributed by atoms with van der Waals surface area (Å²) in [5.74, 6) is 5.47. The van der Waals surface area contributed by atoms with E-state index in [2.05, 4.69) is 5.32 Å². The molecule has 0 radical (unpaired) electrons. The van der Waals surface area contributed by atoms with Crippen LogP contribution in [-0.2, 0) is 4.84 Å². The third-order valence-electron chi connectivity index (χ3n) is 4.95. The average Bonchev–Trinajstić information content (AvgIpc) is 2.85. The predicted octanol–water partition coefficient (Wildman–Crippen LogP) is 4.65. The number of rotatable bonds is 5. The minimum atomic E-state index is -0.587. The van der Waals surface area contributed by atoms with Gasteiger partial charge >= 0.3 is 5.97 Å². The molecule has 8 heteroatoms. The number of aromatic hydroxyl groups is 1. The summed E-state index contributed by atoms with van der Waals surface area (Å²) in [5, 5.41) is 13.6. The van der Waals surface area contributed by atoms with Gasteiger partial charge in [-0.1, -0.05) is 48.6 Å². The fourth-order valence-electron chi connectivity index (χ4n) is 3.23. The van der Waals surface area contributed by atoms with Crippen molar-refractivity contribution >= 4 is 34.7 Å². The van der Waals surface area contributed by atoms with Crippen molar-refractivity contribution in [3.8, 4) is 5.75 Å². The van der Waals surface area contributed by atoms with Crippen LogP contribution in [0, 0.1) is 0 Å². The number of hydrogen-bond acceptors (Lipinski definition) is 8. The van der Waals surface area contributed by atoms with E-state index in [4.69, 9.17) is 16.4 Å². The molecule has 7 nitrogen and oxygen atoms in total. The standard InChI is InChI=1S/C24H22N4O3.C2H6S/c25-21-3-1-2-4-23(21)28(26)31-24(30)18-7-5-16(6-8-18)19-11-14-22(27-15-19)17-9-12-20(29)13-10-17;1-3-2/h1-15,22,27,29H,25-26H2;1-2H3. The Balaban J connectivity index is 0.00000103. The molecule has 4 rings (SSSR count). The maximum Gasteiger partial charge on any atom is 0.365 e. The van der Waals surface area contributed by atoms with Gasteiger partial charge in [0.15, 0.2) is 0 Å². The number of benzene rings is 3. The SMILES string of the molecule is CSC.Nc1ccccc1N(N)OC(=O)c1ccc(C2=CNC(c3ccc(O)cc3)C=C2)cc1. The molecule has 0 bridgehead atoms. The van der Waals surface area contributed by atoms with Crippen molar-refractivity contribution in [1.29, 1.82) is 0 Å². The maximum absolute atomic E-state index is 12.4. The lowest BCUT2D eigenvalue weighted by molar-refractivity contribution is 0.0451. The molecule has 0 fully saturated rings. The fraction of sp³-hybridized carbons (Fsp3) is 0.115. The molecule has 0 saturated carbocycles. The number of nitrogens with one attached hydrogen (secondary N) is 1. The highest BCUT2D eigenvalue weighted by Gasteiger charge is 2.15. The molecule has 34 heavy (non-hydrogen) atoms. The first-order chi connectivity index (χ1) is 16.4. The van der Waals surface area contributed by atoms with Crippen molar-refractivity contribution in [3.63, 3.8) is 0 Å². The van der Waals surface area contributed by atoms with Gasteiger partial charge in [-0.15, -0.1) is 5.17 Å². The van der Waals surface area contributed by atoms with Gasteiger partial charge in [-0.25, -0.2) is 10.6 Å². The van der Waals surface area contributed by atoms with Crippen molar-refractivity contribution in [1.82, 2.24) is 5.32 Å². The number of nitrogens with zero attached hydrogens (tertiary/aromatic N) is 1. The van der Waals surface area contributed by atoms with Crippen molar-refractivity contribution < 1.29 is 14.7 Å². The van der Waals surface area contributed by atoms with Crippen LogP contribution < -0.4 is 22.1 Å². The summed E-state index contributed by atoms with van der Waals surface area (Å²) in [6, 6.07) is 21.0. The van der Waals surface area contributed by atoms with E-state index in [0.29, 0.717) is 16.9 Å². The Morgan fingerprint density at radius 1 is 1.03 bits per heavy atom. The topological polar surface area (TPSA) is 114 Å². The summed E-state index contributed by atoms with van der Waals surface area (Å²) in [4.78, 5) is 17.6. The van der Waals surface area contributed by atoms with Gasteiger partial charge in [0.2, 0.25) is 0 Å². The Bertz CT molecular complexity index is 1160. The summed E-state index contributed by atoms with van der Waals surface area (Å²) in [5.41, 5.74) is 9.99. The molecule has 3 aromatic rings. The number of anilines is 2. The van der Waals surface area contributed by atoms with Gasteiger partial charge in [0.25, 0.3) is 0 Å². The van der Waals surface area contributed by atoms with E-state index < -0.39 is 5.97 Å². The van der Waals surface area contributed by atoms with Gasteiger partial charge < -0.3 is 21.0 Å². The normalized spacial score (nSPS) is 14.2. The van der Waals surface area contributed by atoms with Gasteiger partial charge in [-0.2, -0.15) is 11.8 Å². The fourth-order valence-corrected chi connectivity index (χ4v) is 3.23. The number of phenolic OH excluding ortho intramolecular Hbond substituents is 1. The van der Waals surface area contributed by atoms with Crippen LogP contribution in [0.25, 0.3) is 5.57 Å². The molecule has 0 amide bonds. The largest absolute Gasteiger partial charge is 0.508 e. The van der Waals surface area contributed by atoms with Crippen molar-refractivity contribution in [2.24, 2.45) is 5.84 Å². The highest BCUT2D eigenvalue weighted by atomic mass is 32.2. The number of dihydropyridines is 1. The van der Waals surface area contributed by atoms with E-state index in [1.807, 2.05) is 55.1 Å². The van der Waals surface area contributed by atoms with Crippen LogP contribution in [-0.4, -0.2) is 23.6 Å². The number of phenols is 1. The number of allylic oxidation sites excluding steroid dienone is 2. The first-order valence-electron chi connectivity index (χ1n) is 10.5. The van der Waals surface area contributed by atoms with E-state index >= 15 is 0 Å². The van der Waals surface area contributed by atoms with Crippen LogP contribution in [0.1, 0.15) is 27.5 Å². The van der Waals surface area contributed by atoms with Crippen LogP contribution in [0.4, 0.5) is 11.4 Å². The van der Waals surface area contributed by atoms with Crippen molar-refractivity contribution in [2.75, 3.05) is 23.4 Å². The van der Waals surface area contributed by atoms with E-state index in [0.717, 1.165) is 21.9 Å². The molecule has 1 atom stereocenters. The lowest BCUT2D eigenvalue weighted by atomic mass is 9.98. The predicted molar refractivity (Wildman–Crippen MR) is 140 cm³/mol. The van der Waals surface area contributed by atoms with Gasteiger partial charge in [-0.05, 0) is 65.6 Å². The molecule has 1 heterocycles.